The molecule has 8 heteroatoms. The van der Waals surface area contributed by atoms with E-state index in [1.165, 1.54) is 10.9 Å². The first-order chi connectivity index (χ1) is 9.65. The Morgan fingerprint density at radius 2 is 2.10 bits per heavy atom. The Morgan fingerprint density at radius 1 is 1.25 bits per heavy atom. The molecule has 3 aromatic rings. The number of aromatic nitrogens is 5. The maximum Gasteiger partial charge on any atom is 0.273 e. The highest BCUT2D eigenvalue weighted by Crippen LogP contribution is 2.26. The summed E-state index contributed by atoms with van der Waals surface area (Å²) in [7, 11) is 0. The van der Waals surface area contributed by atoms with Crippen LogP contribution in [0.25, 0.3) is 16.9 Å². The topological polar surface area (TPSA) is 76.5 Å². The average Bonchev–Trinajstić information content (AvgIpc) is 2.91. The molecule has 0 aromatic carbocycles. The molecule has 0 atom stereocenters. The third kappa shape index (κ3) is 2.31. The van der Waals surface area contributed by atoms with Gasteiger partial charge in [0.15, 0.2) is 0 Å². The molecule has 0 bridgehead atoms. The Kier molecular flexibility index (Phi) is 3.25. The lowest BCUT2D eigenvalue weighted by molar-refractivity contribution is 0.863. The van der Waals surface area contributed by atoms with Gasteiger partial charge in [-0.05, 0) is 23.7 Å². The van der Waals surface area contributed by atoms with E-state index >= 15 is 0 Å². The second kappa shape index (κ2) is 5.07. The molecule has 0 fully saturated rings. The standard InChI is InChI=1S/C12H7Cl2N5O/c13-8-5-16-12(14)18-10(8)7-4-17-19(6-7)9-2-1-3-15-11(9)20/h1-6H,(H,15,20). The monoisotopic (exact) mass is 307 g/mol. The van der Waals surface area contributed by atoms with E-state index in [1.54, 1.807) is 30.7 Å². The van der Waals surface area contributed by atoms with Crippen LogP contribution in [-0.4, -0.2) is 24.7 Å². The van der Waals surface area contributed by atoms with Crippen molar-refractivity contribution in [1.82, 2.24) is 24.7 Å². The molecule has 0 aliphatic rings. The fraction of sp³-hybridized carbons (Fsp3) is 0. The molecule has 3 heterocycles. The van der Waals surface area contributed by atoms with Crippen molar-refractivity contribution >= 4 is 23.2 Å². The Hall–Kier alpha value is -2.18. The van der Waals surface area contributed by atoms with Crippen molar-refractivity contribution in [3.05, 3.63) is 57.6 Å². The zero-order chi connectivity index (χ0) is 14.1. The van der Waals surface area contributed by atoms with E-state index in [1.807, 2.05) is 0 Å². The minimum absolute atomic E-state index is 0.0923. The molecule has 6 nitrogen and oxygen atoms in total. The van der Waals surface area contributed by atoms with Gasteiger partial charge in [0.2, 0.25) is 5.28 Å². The maximum atomic E-state index is 11.7. The number of hydrogen-bond donors (Lipinski definition) is 1. The normalized spacial score (nSPS) is 10.7. The van der Waals surface area contributed by atoms with Crippen LogP contribution in [0.4, 0.5) is 0 Å². The van der Waals surface area contributed by atoms with Gasteiger partial charge in [-0.1, -0.05) is 11.6 Å². The lowest BCUT2D eigenvalue weighted by atomic mass is 10.2. The number of pyridine rings is 1. The predicted molar refractivity (Wildman–Crippen MR) is 75.2 cm³/mol. The fourth-order valence-electron chi connectivity index (χ4n) is 1.72. The van der Waals surface area contributed by atoms with E-state index in [9.17, 15) is 4.79 Å². The van der Waals surface area contributed by atoms with Crippen molar-refractivity contribution in [2.24, 2.45) is 0 Å². The molecular formula is C12H7Cl2N5O. The summed E-state index contributed by atoms with van der Waals surface area (Å²) in [4.78, 5) is 22.1. The van der Waals surface area contributed by atoms with Gasteiger partial charge in [-0.2, -0.15) is 5.10 Å². The minimum Gasteiger partial charge on any atom is -0.327 e. The summed E-state index contributed by atoms with van der Waals surface area (Å²) >= 11 is 11.8. The number of nitrogens with zero attached hydrogens (tertiary/aromatic N) is 4. The van der Waals surface area contributed by atoms with E-state index in [2.05, 4.69) is 20.1 Å². The molecule has 0 aliphatic carbocycles. The van der Waals surface area contributed by atoms with E-state index in [4.69, 9.17) is 23.2 Å². The van der Waals surface area contributed by atoms with Crippen molar-refractivity contribution in [2.45, 2.75) is 0 Å². The van der Waals surface area contributed by atoms with Gasteiger partial charge in [-0.3, -0.25) is 4.79 Å². The Morgan fingerprint density at radius 3 is 2.90 bits per heavy atom. The van der Waals surface area contributed by atoms with Crippen molar-refractivity contribution in [2.75, 3.05) is 0 Å². The smallest absolute Gasteiger partial charge is 0.273 e. The zero-order valence-corrected chi connectivity index (χ0v) is 11.4. The molecule has 0 unspecified atom stereocenters. The molecule has 1 N–H and O–H groups in total. The molecule has 3 rings (SSSR count). The summed E-state index contributed by atoms with van der Waals surface area (Å²) in [5.74, 6) is 0. The van der Waals surface area contributed by atoms with Crippen LogP contribution in [0.15, 0.2) is 41.7 Å². The van der Waals surface area contributed by atoms with Gasteiger partial charge >= 0.3 is 0 Å². The molecule has 0 saturated heterocycles. The summed E-state index contributed by atoms with van der Waals surface area (Å²) < 4.78 is 1.44. The number of aromatic amines is 1. The third-order valence-electron chi connectivity index (χ3n) is 2.61. The first-order valence-electron chi connectivity index (χ1n) is 5.56. The van der Waals surface area contributed by atoms with E-state index < -0.39 is 0 Å². The number of hydrogen-bond acceptors (Lipinski definition) is 4. The van der Waals surface area contributed by atoms with Gasteiger partial charge in [0, 0.05) is 18.0 Å². The van der Waals surface area contributed by atoms with Crippen LogP contribution in [0.1, 0.15) is 0 Å². The molecule has 0 amide bonds. The predicted octanol–water partition coefficient (Wildman–Crippen LogP) is 2.32. The average molecular weight is 308 g/mol. The van der Waals surface area contributed by atoms with Gasteiger partial charge < -0.3 is 4.98 Å². The fourth-order valence-corrected chi connectivity index (χ4v) is 2.05. The third-order valence-corrected chi connectivity index (χ3v) is 3.07. The Balaban J connectivity index is 2.09. The molecule has 0 radical (unpaired) electrons. The van der Waals surface area contributed by atoms with E-state index in [0.717, 1.165) is 0 Å². The number of halogens is 2. The minimum atomic E-state index is -0.242. The van der Waals surface area contributed by atoms with Gasteiger partial charge in [0.1, 0.15) is 5.69 Å². The second-order valence-corrected chi connectivity index (χ2v) is 4.64. The highest BCUT2D eigenvalue weighted by Gasteiger charge is 2.11. The summed E-state index contributed by atoms with van der Waals surface area (Å²) in [6.45, 7) is 0. The summed E-state index contributed by atoms with van der Waals surface area (Å²) in [6.07, 6.45) is 6.17. The van der Waals surface area contributed by atoms with E-state index in [0.29, 0.717) is 22.0 Å². The van der Waals surface area contributed by atoms with Crippen molar-refractivity contribution < 1.29 is 0 Å². The Labute approximate surface area is 123 Å². The van der Waals surface area contributed by atoms with Crippen LogP contribution < -0.4 is 5.56 Å². The highest BCUT2D eigenvalue weighted by atomic mass is 35.5. The van der Waals surface area contributed by atoms with E-state index in [-0.39, 0.29) is 10.8 Å². The van der Waals surface area contributed by atoms with Gasteiger partial charge in [-0.25, -0.2) is 14.6 Å². The quantitative estimate of drug-likeness (QED) is 0.737. The number of H-pyrrole nitrogens is 1. The van der Waals surface area contributed by atoms with Crippen LogP contribution in [0, 0.1) is 0 Å². The van der Waals surface area contributed by atoms with Crippen LogP contribution >= 0.6 is 23.2 Å². The van der Waals surface area contributed by atoms with Crippen LogP contribution in [-0.2, 0) is 0 Å². The van der Waals surface area contributed by atoms with Crippen LogP contribution in [0.2, 0.25) is 10.3 Å². The molecule has 0 aliphatic heterocycles. The lowest BCUT2D eigenvalue weighted by Gasteiger charge is -2.00. The SMILES string of the molecule is O=c1[nH]cccc1-n1cc(-c2nc(Cl)ncc2Cl)cn1. The molecule has 100 valence electrons. The first kappa shape index (κ1) is 12.8. The summed E-state index contributed by atoms with van der Waals surface area (Å²) in [5.41, 5.74) is 1.26. The highest BCUT2D eigenvalue weighted by molar-refractivity contribution is 6.33. The number of rotatable bonds is 2. The summed E-state index contributed by atoms with van der Waals surface area (Å²) in [6, 6.07) is 3.37. The summed E-state index contributed by atoms with van der Waals surface area (Å²) in [5, 5.41) is 4.58. The van der Waals surface area contributed by atoms with Crippen LogP contribution in [0.3, 0.4) is 0 Å². The van der Waals surface area contributed by atoms with Crippen molar-refractivity contribution in [1.29, 1.82) is 0 Å². The first-order valence-corrected chi connectivity index (χ1v) is 6.32. The molecule has 0 saturated carbocycles. The largest absolute Gasteiger partial charge is 0.327 e. The van der Waals surface area contributed by atoms with Crippen molar-refractivity contribution in [3.8, 4) is 16.9 Å². The zero-order valence-electron chi connectivity index (χ0n) is 9.92. The maximum absolute atomic E-state index is 11.7. The Bertz CT molecular complexity index is 826. The van der Waals surface area contributed by atoms with Gasteiger partial charge in [0.25, 0.3) is 5.56 Å². The van der Waals surface area contributed by atoms with Gasteiger partial charge in [-0.15, -0.1) is 0 Å². The number of nitrogens with one attached hydrogen (secondary N) is 1. The lowest BCUT2D eigenvalue weighted by Crippen LogP contribution is -2.13. The molecule has 0 spiro atoms. The van der Waals surface area contributed by atoms with Gasteiger partial charge in [0.05, 0.1) is 23.1 Å². The second-order valence-electron chi connectivity index (χ2n) is 3.89. The molecular weight excluding hydrogens is 301 g/mol. The van der Waals surface area contributed by atoms with Crippen LogP contribution in [0.5, 0.6) is 0 Å². The van der Waals surface area contributed by atoms with Crippen molar-refractivity contribution in [3.63, 3.8) is 0 Å². The molecule has 20 heavy (non-hydrogen) atoms. The molecule has 3 aromatic heterocycles.